The fraction of sp³-hybridized carbons (Fsp3) is 0.115. The minimum atomic E-state index is -0.797. The summed E-state index contributed by atoms with van der Waals surface area (Å²) in [5.41, 5.74) is 3.01. The highest BCUT2D eigenvalue weighted by atomic mass is 19.1. The first kappa shape index (κ1) is 21.4. The van der Waals surface area contributed by atoms with Crippen LogP contribution in [0.4, 0.5) is 10.1 Å². The highest BCUT2D eigenvalue weighted by Gasteiger charge is 2.22. The van der Waals surface area contributed by atoms with Gasteiger partial charge in [-0.25, -0.2) is 9.18 Å². The Hall–Kier alpha value is -4.46. The van der Waals surface area contributed by atoms with Crippen LogP contribution in [0.1, 0.15) is 15.9 Å². The van der Waals surface area contributed by atoms with Crippen LogP contribution in [0.2, 0.25) is 0 Å². The number of ketones is 1. The summed E-state index contributed by atoms with van der Waals surface area (Å²) in [6.45, 7) is 0.223. The van der Waals surface area contributed by atoms with Crippen LogP contribution in [0.15, 0.2) is 77.7 Å². The first-order valence-corrected chi connectivity index (χ1v) is 10.7. The molecule has 0 saturated heterocycles. The van der Waals surface area contributed by atoms with Crippen LogP contribution in [0.5, 0.6) is 0 Å². The van der Waals surface area contributed by atoms with Gasteiger partial charge in [-0.2, -0.15) is 0 Å². The van der Waals surface area contributed by atoms with E-state index in [1.54, 1.807) is 73.4 Å². The molecule has 0 fully saturated rings. The van der Waals surface area contributed by atoms with Crippen molar-refractivity contribution >= 4 is 39.3 Å². The molecule has 1 amide bonds. The number of imidazole rings is 1. The summed E-state index contributed by atoms with van der Waals surface area (Å²) in [6.07, 6.45) is 1.59. The maximum absolute atomic E-state index is 14.2. The molecule has 0 atom stereocenters. The molecule has 0 saturated carbocycles. The molecule has 34 heavy (non-hydrogen) atoms. The molecule has 0 aliphatic heterocycles. The fourth-order valence-electron chi connectivity index (χ4n) is 4.26. The maximum Gasteiger partial charge on any atom is 0.328 e. The van der Waals surface area contributed by atoms with Gasteiger partial charge in [0.2, 0.25) is 0 Å². The van der Waals surface area contributed by atoms with Crippen molar-refractivity contribution in [2.45, 2.75) is 6.54 Å². The van der Waals surface area contributed by atoms with Gasteiger partial charge < -0.3 is 9.88 Å². The molecule has 8 heteroatoms. The van der Waals surface area contributed by atoms with Gasteiger partial charge in [-0.15, -0.1) is 0 Å². The average Bonchev–Trinajstić information content (AvgIpc) is 3.31. The molecule has 0 radical (unpaired) electrons. The van der Waals surface area contributed by atoms with E-state index >= 15 is 0 Å². The largest absolute Gasteiger partial charge is 0.342 e. The molecule has 170 valence electrons. The third-order valence-corrected chi connectivity index (χ3v) is 6.07. The smallest absolute Gasteiger partial charge is 0.328 e. The monoisotopic (exact) mass is 456 g/mol. The number of fused-ring (bicyclic) bond motifs is 2. The Morgan fingerprint density at radius 3 is 2.38 bits per heavy atom. The molecule has 1 N–H and O–H groups in total. The number of amides is 1. The Kier molecular flexibility index (Phi) is 5.13. The number of carbonyl (C=O) groups excluding carboxylic acids is 2. The molecule has 2 heterocycles. The lowest BCUT2D eigenvalue weighted by atomic mass is 10.1. The number of anilines is 1. The molecule has 0 unspecified atom stereocenters. The predicted octanol–water partition coefficient (Wildman–Crippen LogP) is 3.84. The second kappa shape index (κ2) is 8.15. The van der Waals surface area contributed by atoms with E-state index < -0.39 is 11.7 Å². The van der Waals surface area contributed by atoms with Crippen molar-refractivity contribution in [1.29, 1.82) is 0 Å². The van der Waals surface area contributed by atoms with E-state index in [2.05, 4.69) is 5.32 Å². The minimum Gasteiger partial charge on any atom is -0.342 e. The molecule has 5 rings (SSSR count). The summed E-state index contributed by atoms with van der Waals surface area (Å²) < 4.78 is 19.0. The quantitative estimate of drug-likeness (QED) is 0.322. The standard InChI is InChI=1S/C26H21FN4O3/c1-29-22-12-11-17(13-23(22)30(2)26(29)34)28-25(33)24(32)19-15-31(21-10-6-4-8-18(19)21)14-16-7-3-5-9-20(16)27/h3-13,15H,14H2,1-2H3,(H,28,33). The van der Waals surface area contributed by atoms with E-state index in [9.17, 15) is 18.8 Å². The molecule has 7 nitrogen and oxygen atoms in total. The normalized spacial score (nSPS) is 11.3. The number of halogens is 1. The number of carbonyl (C=O) groups is 2. The van der Waals surface area contributed by atoms with Gasteiger partial charge in [-0.3, -0.25) is 18.7 Å². The van der Waals surface area contributed by atoms with Crippen LogP contribution >= 0.6 is 0 Å². The van der Waals surface area contributed by atoms with E-state index in [0.29, 0.717) is 27.7 Å². The number of Topliss-reactive ketones (excluding diaryl/α,β-unsaturated/α-hetero) is 1. The first-order valence-electron chi connectivity index (χ1n) is 10.7. The number of benzene rings is 3. The summed E-state index contributed by atoms with van der Waals surface area (Å²) in [7, 11) is 3.31. The van der Waals surface area contributed by atoms with Crippen LogP contribution in [0, 0.1) is 5.82 Å². The summed E-state index contributed by atoms with van der Waals surface area (Å²) in [4.78, 5) is 38.1. The van der Waals surface area contributed by atoms with Gasteiger partial charge in [-0.05, 0) is 30.3 Å². The molecule has 0 aliphatic rings. The summed E-state index contributed by atoms with van der Waals surface area (Å²) in [5, 5.41) is 3.25. The Morgan fingerprint density at radius 1 is 0.882 bits per heavy atom. The molecule has 0 bridgehead atoms. The topological polar surface area (TPSA) is 78.0 Å². The second-order valence-corrected chi connectivity index (χ2v) is 8.17. The average molecular weight is 456 g/mol. The van der Waals surface area contributed by atoms with Gasteiger partial charge >= 0.3 is 5.69 Å². The van der Waals surface area contributed by atoms with Gasteiger partial charge in [0.1, 0.15) is 5.82 Å². The van der Waals surface area contributed by atoms with Crippen molar-refractivity contribution in [3.05, 3.63) is 100 Å². The third kappa shape index (κ3) is 3.49. The lowest BCUT2D eigenvalue weighted by Crippen LogP contribution is -2.22. The summed E-state index contributed by atoms with van der Waals surface area (Å²) in [5.74, 6) is -1.84. The zero-order chi connectivity index (χ0) is 24.0. The Balaban J connectivity index is 1.47. The molecule has 0 spiro atoms. The number of nitrogens with zero attached hydrogens (tertiary/aromatic N) is 3. The zero-order valence-electron chi connectivity index (χ0n) is 18.6. The number of rotatable bonds is 5. The Labute approximate surface area is 193 Å². The summed E-state index contributed by atoms with van der Waals surface area (Å²) in [6, 6.07) is 18.7. The Bertz CT molecular complexity index is 1660. The number of hydrogen-bond acceptors (Lipinski definition) is 3. The summed E-state index contributed by atoms with van der Waals surface area (Å²) >= 11 is 0. The van der Waals surface area contributed by atoms with E-state index in [1.807, 2.05) is 12.1 Å². The maximum atomic E-state index is 14.2. The minimum absolute atomic E-state index is 0.183. The lowest BCUT2D eigenvalue weighted by Gasteiger charge is -2.06. The third-order valence-electron chi connectivity index (χ3n) is 6.07. The van der Waals surface area contributed by atoms with E-state index in [1.165, 1.54) is 15.2 Å². The molecule has 5 aromatic rings. The van der Waals surface area contributed by atoms with Crippen LogP contribution < -0.4 is 11.0 Å². The SMILES string of the molecule is Cn1c(=O)n(C)c2cc(NC(=O)C(=O)c3cn(Cc4ccccc4F)c4ccccc34)ccc21. The first-order chi connectivity index (χ1) is 16.3. The lowest BCUT2D eigenvalue weighted by molar-refractivity contribution is -0.112. The zero-order valence-corrected chi connectivity index (χ0v) is 18.6. The van der Waals surface area contributed by atoms with Crippen molar-refractivity contribution < 1.29 is 14.0 Å². The molecule has 3 aromatic carbocycles. The van der Waals surface area contributed by atoms with Crippen LogP contribution in [0.25, 0.3) is 21.9 Å². The number of aryl methyl sites for hydroxylation is 2. The van der Waals surface area contributed by atoms with E-state index in [0.717, 1.165) is 5.52 Å². The predicted molar refractivity (Wildman–Crippen MR) is 129 cm³/mol. The van der Waals surface area contributed by atoms with Gasteiger partial charge in [0, 0.05) is 42.4 Å². The number of para-hydroxylation sites is 1. The van der Waals surface area contributed by atoms with Gasteiger partial charge in [0.05, 0.1) is 23.1 Å². The van der Waals surface area contributed by atoms with Crippen molar-refractivity contribution in [2.75, 3.05) is 5.32 Å². The van der Waals surface area contributed by atoms with Crippen LogP contribution in [0.3, 0.4) is 0 Å². The number of nitrogens with one attached hydrogen (secondary N) is 1. The van der Waals surface area contributed by atoms with Crippen molar-refractivity contribution in [3.8, 4) is 0 Å². The van der Waals surface area contributed by atoms with Crippen LogP contribution in [-0.2, 0) is 25.4 Å². The fourth-order valence-corrected chi connectivity index (χ4v) is 4.26. The van der Waals surface area contributed by atoms with Gasteiger partial charge in [0.25, 0.3) is 11.7 Å². The van der Waals surface area contributed by atoms with Crippen LogP contribution in [-0.4, -0.2) is 25.4 Å². The van der Waals surface area contributed by atoms with Gasteiger partial charge in [-0.1, -0.05) is 36.4 Å². The Morgan fingerprint density at radius 2 is 1.59 bits per heavy atom. The van der Waals surface area contributed by atoms with Crippen molar-refractivity contribution in [1.82, 2.24) is 13.7 Å². The molecular formula is C26H21FN4O3. The second-order valence-electron chi connectivity index (χ2n) is 8.17. The van der Waals surface area contributed by atoms with Crippen molar-refractivity contribution in [3.63, 3.8) is 0 Å². The molecule has 2 aromatic heterocycles. The van der Waals surface area contributed by atoms with Crippen molar-refractivity contribution in [2.24, 2.45) is 14.1 Å². The van der Waals surface area contributed by atoms with Gasteiger partial charge in [0.15, 0.2) is 0 Å². The van der Waals surface area contributed by atoms with E-state index in [4.69, 9.17) is 0 Å². The number of aromatic nitrogens is 3. The highest BCUT2D eigenvalue weighted by Crippen LogP contribution is 2.24. The molecule has 0 aliphatic carbocycles. The number of hydrogen-bond donors (Lipinski definition) is 1. The highest BCUT2D eigenvalue weighted by molar-refractivity contribution is 6.48. The molecular weight excluding hydrogens is 435 g/mol. The van der Waals surface area contributed by atoms with E-state index in [-0.39, 0.29) is 23.6 Å².